The second-order valence-electron chi connectivity index (χ2n) is 5.00. The van der Waals surface area contributed by atoms with Gasteiger partial charge in [-0.25, -0.2) is 0 Å². The molecule has 1 heteroatoms. The quantitative estimate of drug-likeness (QED) is 0.625. The van der Waals surface area contributed by atoms with Crippen LogP contribution in [0, 0.1) is 6.92 Å². The normalized spacial score (nSPS) is 11.6. The molecule has 0 spiro atoms. The number of anilines is 2. The molecule has 0 saturated heterocycles. The van der Waals surface area contributed by atoms with Crippen LogP contribution < -0.4 is 4.90 Å². The minimum Gasteiger partial charge on any atom is -0.317 e. The molecular formula is C20H21N. The van der Waals surface area contributed by atoms with Gasteiger partial charge in [0, 0.05) is 17.6 Å². The number of para-hydroxylation sites is 1. The van der Waals surface area contributed by atoms with Gasteiger partial charge < -0.3 is 4.90 Å². The van der Waals surface area contributed by atoms with Crippen LogP contribution in [0.3, 0.4) is 0 Å². The van der Waals surface area contributed by atoms with Gasteiger partial charge in [0.25, 0.3) is 0 Å². The number of benzene rings is 2. The van der Waals surface area contributed by atoms with Crippen LogP contribution in [-0.2, 0) is 0 Å². The molecule has 0 N–H and O–H groups in total. The minimum absolute atomic E-state index is 1.14. The second kappa shape index (κ2) is 7.30. The van der Waals surface area contributed by atoms with Crippen LogP contribution in [0.25, 0.3) is 0 Å². The molecule has 106 valence electrons. The van der Waals surface area contributed by atoms with E-state index in [0.29, 0.717) is 0 Å². The molecule has 0 bridgehead atoms. The summed E-state index contributed by atoms with van der Waals surface area (Å²) in [6.45, 7) is 7.90. The molecule has 1 nitrogen and oxygen atoms in total. The van der Waals surface area contributed by atoms with E-state index in [1.54, 1.807) is 6.08 Å². The summed E-state index contributed by atoms with van der Waals surface area (Å²) in [6.07, 6.45) is 7.98. The lowest BCUT2D eigenvalue weighted by Gasteiger charge is -2.21. The molecule has 0 aliphatic heterocycles. The van der Waals surface area contributed by atoms with Gasteiger partial charge in [0.2, 0.25) is 0 Å². The fourth-order valence-corrected chi connectivity index (χ4v) is 2.05. The molecule has 0 atom stereocenters. The van der Waals surface area contributed by atoms with Crippen LogP contribution in [-0.4, -0.2) is 0 Å². The van der Waals surface area contributed by atoms with Gasteiger partial charge in [-0.15, -0.1) is 0 Å². The zero-order valence-electron chi connectivity index (χ0n) is 12.7. The van der Waals surface area contributed by atoms with Crippen molar-refractivity contribution in [2.45, 2.75) is 13.8 Å². The van der Waals surface area contributed by atoms with E-state index in [1.807, 2.05) is 12.1 Å². The highest BCUT2D eigenvalue weighted by Gasteiger charge is 2.05. The maximum atomic E-state index is 3.73. The van der Waals surface area contributed by atoms with Crippen molar-refractivity contribution < 1.29 is 0 Å². The molecule has 0 unspecified atom stereocenters. The molecule has 0 heterocycles. The second-order valence-corrected chi connectivity index (χ2v) is 5.00. The molecule has 0 aliphatic carbocycles. The average Bonchev–Trinajstić information content (AvgIpc) is 2.50. The fraction of sp³-hybridized carbons (Fsp3) is 0.100. The van der Waals surface area contributed by atoms with Gasteiger partial charge in [-0.1, -0.05) is 54.6 Å². The van der Waals surface area contributed by atoms with E-state index < -0.39 is 0 Å². The van der Waals surface area contributed by atoms with E-state index in [9.17, 15) is 0 Å². The summed E-state index contributed by atoms with van der Waals surface area (Å²) in [5.74, 6) is 0. The largest absolute Gasteiger partial charge is 0.317 e. The molecule has 2 aromatic carbocycles. The van der Waals surface area contributed by atoms with Crippen molar-refractivity contribution in [3.8, 4) is 0 Å². The third-order valence-electron chi connectivity index (χ3n) is 3.21. The van der Waals surface area contributed by atoms with E-state index in [-0.39, 0.29) is 0 Å². The van der Waals surface area contributed by atoms with Gasteiger partial charge >= 0.3 is 0 Å². The highest BCUT2D eigenvalue weighted by Crippen LogP contribution is 2.26. The first-order valence-electron chi connectivity index (χ1n) is 7.09. The summed E-state index contributed by atoms with van der Waals surface area (Å²) < 4.78 is 0. The SMILES string of the molecule is C=C/C=C(C)\C=C/N(c1ccccc1)c1ccc(C)cc1. The lowest BCUT2D eigenvalue weighted by Crippen LogP contribution is -2.08. The Morgan fingerprint density at radius 2 is 1.57 bits per heavy atom. The summed E-state index contributed by atoms with van der Waals surface area (Å²) >= 11 is 0. The van der Waals surface area contributed by atoms with E-state index in [1.165, 1.54) is 5.56 Å². The van der Waals surface area contributed by atoms with Crippen molar-refractivity contribution in [2.24, 2.45) is 0 Å². The Kier molecular flexibility index (Phi) is 5.16. The number of rotatable bonds is 5. The van der Waals surface area contributed by atoms with Crippen LogP contribution >= 0.6 is 0 Å². The molecule has 21 heavy (non-hydrogen) atoms. The molecule has 0 aromatic heterocycles. The zero-order valence-corrected chi connectivity index (χ0v) is 12.7. The van der Waals surface area contributed by atoms with E-state index in [2.05, 4.69) is 86.1 Å². The van der Waals surface area contributed by atoms with Gasteiger partial charge in [0.05, 0.1) is 0 Å². The lowest BCUT2D eigenvalue weighted by atomic mass is 10.2. The van der Waals surface area contributed by atoms with Crippen LogP contribution in [0.5, 0.6) is 0 Å². The summed E-state index contributed by atoms with van der Waals surface area (Å²) in [6, 6.07) is 18.9. The van der Waals surface area contributed by atoms with E-state index in [4.69, 9.17) is 0 Å². The molecule has 0 fully saturated rings. The highest BCUT2D eigenvalue weighted by atomic mass is 15.1. The van der Waals surface area contributed by atoms with Crippen molar-refractivity contribution in [2.75, 3.05) is 4.90 Å². The molecular weight excluding hydrogens is 254 g/mol. The van der Waals surface area contributed by atoms with E-state index >= 15 is 0 Å². The third-order valence-corrected chi connectivity index (χ3v) is 3.21. The number of hydrogen-bond acceptors (Lipinski definition) is 1. The van der Waals surface area contributed by atoms with E-state index in [0.717, 1.165) is 16.9 Å². The Bertz CT molecular complexity index is 633. The molecule has 0 aliphatic rings. The van der Waals surface area contributed by atoms with Gasteiger partial charge in [0.15, 0.2) is 0 Å². The molecule has 0 saturated carbocycles. The molecule has 0 radical (unpaired) electrons. The predicted molar refractivity (Wildman–Crippen MR) is 92.9 cm³/mol. The van der Waals surface area contributed by atoms with Gasteiger partial charge in [-0.2, -0.15) is 0 Å². The molecule has 2 rings (SSSR count). The third kappa shape index (κ3) is 4.22. The van der Waals surface area contributed by atoms with Crippen LogP contribution in [0.2, 0.25) is 0 Å². The van der Waals surface area contributed by atoms with Crippen LogP contribution in [0.15, 0.2) is 91.2 Å². The zero-order chi connectivity index (χ0) is 15.1. The molecule has 0 amide bonds. The smallest absolute Gasteiger partial charge is 0.0455 e. The standard InChI is InChI=1S/C20H21N/c1-4-8-17(2)15-16-21(19-9-6-5-7-10-19)20-13-11-18(3)12-14-20/h4-16H,1H2,2-3H3/b16-15-,17-8-. The Morgan fingerprint density at radius 1 is 0.952 bits per heavy atom. The van der Waals surface area contributed by atoms with Crippen LogP contribution in [0.4, 0.5) is 11.4 Å². The Morgan fingerprint density at radius 3 is 2.19 bits per heavy atom. The predicted octanol–water partition coefficient (Wildman–Crippen LogP) is 5.78. The topological polar surface area (TPSA) is 3.24 Å². The minimum atomic E-state index is 1.14. The highest BCUT2D eigenvalue weighted by molar-refractivity contribution is 5.66. The maximum Gasteiger partial charge on any atom is 0.0455 e. The number of nitrogens with zero attached hydrogens (tertiary/aromatic N) is 1. The maximum absolute atomic E-state index is 3.73. The van der Waals surface area contributed by atoms with Crippen LogP contribution in [0.1, 0.15) is 12.5 Å². The van der Waals surface area contributed by atoms with Crippen molar-refractivity contribution >= 4 is 11.4 Å². The Labute approximate surface area is 127 Å². The Hall–Kier alpha value is -2.54. The van der Waals surface area contributed by atoms with Crippen molar-refractivity contribution in [3.05, 3.63) is 96.7 Å². The first kappa shape index (κ1) is 14.9. The summed E-state index contributed by atoms with van der Waals surface area (Å²) in [5.41, 5.74) is 4.72. The number of hydrogen-bond donors (Lipinski definition) is 0. The Balaban J connectivity index is 2.37. The lowest BCUT2D eigenvalue weighted by molar-refractivity contribution is 1.26. The summed E-state index contributed by atoms with van der Waals surface area (Å²) in [7, 11) is 0. The molecule has 2 aromatic rings. The first-order valence-corrected chi connectivity index (χ1v) is 7.09. The van der Waals surface area contributed by atoms with Crippen molar-refractivity contribution in [3.63, 3.8) is 0 Å². The number of aryl methyl sites for hydroxylation is 1. The van der Waals surface area contributed by atoms with Crippen molar-refractivity contribution in [1.82, 2.24) is 0 Å². The number of allylic oxidation sites excluding steroid dienone is 4. The first-order chi connectivity index (χ1) is 10.2. The average molecular weight is 275 g/mol. The van der Waals surface area contributed by atoms with Gasteiger partial charge in [-0.05, 0) is 49.8 Å². The summed E-state index contributed by atoms with van der Waals surface area (Å²) in [5, 5.41) is 0. The monoisotopic (exact) mass is 275 g/mol. The summed E-state index contributed by atoms with van der Waals surface area (Å²) in [4.78, 5) is 2.18. The van der Waals surface area contributed by atoms with Crippen molar-refractivity contribution in [1.29, 1.82) is 0 Å². The fourth-order valence-electron chi connectivity index (χ4n) is 2.05. The van der Waals surface area contributed by atoms with Gasteiger partial charge in [0.1, 0.15) is 0 Å². The van der Waals surface area contributed by atoms with Gasteiger partial charge in [-0.3, -0.25) is 0 Å².